The summed E-state index contributed by atoms with van der Waals surface area (Å²) in [5.74, 6) is -2.53. The smallest absolute Gasteiger partial charge is 0.311 e. The van der Waals surface area contributed by atoms with Crippen LogP contribution in [0.15, 0.2) is 18.5 Å². The van der Waals surface area contributed by atoms with Gasteiger partial charge in [0, 0.05) is 11.8 Å². The van der Waals surface area contributed by atoms with Crippen LogP contribution >= 0.6 is 0 Å². The van der Waals surface area contributed by atoms with Crippen molar-refractivity contribution in [3.05, 3.63) is 29.8 Å². The highest BCUT2D eigenvalue weighted by molar-refractivity contribution is 5.76. The van der Waals surface area contributed by atoms with Crippen LogP contribution in [0.2, 0.25) is 0 Å². The van der Waals surface area contributed by atoms with Crippen molar-refractivity contribution in [2.24, 2.45) is 5.92 Å². The van der Waals surface area contributed by atoms with E-state index >= 15 is 0 Å². The summed E-state index contributed by atoms with van der Waals surface area (Å²) in [7, 11) is 0. The highest BCUT2D eigenvalue weighted by Gasteiger charge is 2.26. The van der Waals surface area contributed by atoms with Crippen molar-refractivity contribution in [2.45, 2.75) is 19.8 Å². The van der Waals surface area contributed by atoms with Crippen LogP contribution in [0.3, 0.4) is 0 Å². The average Bonchev–Trinajstić information content (AvgIpc) is 2.07. The van der Waals surface area contributed by atoms with Gasteiger partial charge in [0.05, 0.1) is 12.1 Å². The van der Waals surface area contributed by atoms with Gasteiger partial charge in [-0.2, -0.15) is 0 Å². The summed E-state index contributed by atoms with van der Waals surface area (Å²) in [5, 5.41) is 8.93. The average molecular weight is 197 g/mol. The van der Waals surface area contributed by atoms with E-state index in [-0.39, 0.29) is 11.5 Å². The van der Waals surface area contributed by atoms with E-state index in [1.807, 2.05) is 0 Å². The molecule has 3 nitrogen and oxygen atoms in total. The van der Waals surface area contributed by atoms with Gasteiger partial charge in [0.15, 0.2) is 0 Å². The first-order valence-corrected chi connectivity index (χ1v) is 4.36. The maximum Gasteiger partial charge on any atom is 0.311 e. The second kappa shape index (κ2) is 4.17. The molecule has 0 amide bonds. The van der Waals surface area contributed by atoms with Crippen LogP contribution in [0.25, 0.3) is 0 Å². The molecule has 1 atom stereocenters. The maximum absolute atomic E-state index is 13.2. The van der Waals surface area contributed by atoms with Gasteiger partial charge in [-0.1, -0.05) is 13.8 Å². The van der Waals surface area contributed by atoms with E-state index in [1.54, 1.807) is 13.8 Å². The third-order valence-corrected chi connectivity index (χ3v) is 2.07. The fraction of sp³-hybridized carbons (Fsp3) is 0.400. The molecule has 1 unspecified atom stereocenters. The summed E-state index contributed by atoms with van der Waals surface area (Å²) >= 11 is 0. The van der Waals surface area contributed by atoms with Crippen molar-refractivity contribution in [3.63, 3.8) is 0 Å². The second-order valence-corrected chi connectivity index (χ2v) is 3.46. The number of hydrogen-bond acceptors (Lipinski definition) is 2. The first-order valence-electron chi connectivity index (χ1n) is 4.36. The molecule has 0 fully saturated rings. The standard InChI is InChI=1S/C10H12FNO2/c1-6(2)9(10(13)14)7-3-4-12-5-8(7)11/h3-6,9H,1-2H3,(H,13,14). The molecule has 0 aromatic carbocycles. The van der Waals surface area contributed by atoms with Gasteiger partial charge < -0.3 is 5.11 Å². The molecule has 1 aromatic heterocycles. The fourth-order valence-corrected chi connectivity index (χ4v) is 1.42. The van der Waals surface area contributed by atoms with Gasteiger partial charge in [0.2, 0.25) is 0 Å². The lowest BCUT2D eigenvalue weighted by Gasteiger charge is -2.16. The van der Waals surface area contributed by atoms with Gasteiger partial charge in [-0.05, 0) is 12.0 Å². The Morgan fingerprint density at radius 2 is 2.21 bits per heavy atom. The molecule has 1 N–H and O–H groups in total. The van der Waals surface area contributed by atoms with Gasteiger partial charge >= 0.3 is 5.97 Å². The van der Waals surface area contributed by atoms with Crippen LogP contribution in [-0.2, 0) is 4.79 Å². The predicted molar refractivity (Wildman–Crippen MR) is 49.4 cm³/mol. The monoisotopic (exact) mass is 197 g/mol. The summed E-state index contributed by atoms with van der Waals surface area (Å²) < 4.78 is 13.2. The molecule has 1 aromatic rings. The van der Waals surface area contributed by atoms with E-state index in [0.29, 0.717) is 0 Å². The molecule has 0 saturated carbocycles. The molecule has 0 spiro atoms. The van der Waals surface area contributed by atoms with E-state index in [4.69, 9.17) is 5.11 Å². The minimum Gasteiger partial charge on any atom is -0.481 e. The Hall–Kier alpha value is -1.45. The zero-order chi connectivity index (χ0) is 10.7. The van der Waals surface area contributed by atoms with Crippen molar-refractivity contribution < 1.29 is 14.3 Å². The minimum atomic E-state index is -1.01. The van der Waals surface area contributed by atoms with Crippen molar-refractivity contribution in [2.75, 3.05) is 0 Å². The van der Waals surface area contributed by atoms with Gasteiger partial charge in [-0.3, -0.25) is 9.78 Å². The van der Waals surface area contributed by atoms with Gasteiger partial charge in [-0.25, -0.2) is 4.39 Å². The SMILES string of the molecule is CC(C)C(C(=O)O)c1ccncc1F. The molecule has 0 bridgehead atoms. The number of aromatic nitrogens is 1. The Labute approximate surface area is 81.6 Å². The summed E-state index contributed by atoms with van der Waals surface area (Å²) in [6, 6.07) is 1.41. The van der Waals surface area contributed by atoms with Crippen LogP contribution in [0.1, 0.15) is 25.3 Å². The molecule has 0 aliphatic heterocycles. The van der Waals surface area contributed by atoms with Crippen molar-refractivity contribution in [1.82, 2.24) is 4.98 Å². The quantitative estimate of drug-likeness (QED) is 0.806. The summed E-state index contributed by atoms with van der Waals surface area (Å²) in [6.45, 7) is 3.50. The maximum atomic E-state index is 13.2. The topological polar surface area (TPSA) is 50.2 Å². The number of hydrogen-bond donors (Lipinski definition) is 1. The van der Waals surface area contributed by atoms with Gasteiger partial charge in [0.1, 0.15) is 5.82 Å². The molecule has 0 aliphatic carbocycles. The highest BCUT2D eigenvalue weighted by Crippen LogP contribution is 2.26. The minimum absolute atomic E-state index is 0.149. The molecule has 0 aliphatic rings. The van der Waals surface area contributed by atoms with Crippen LogP contribution in [-0.4, -0.2) is 16.1 Å². The zero-order valence-corrected chi connectivity index (χ0v) is 8.07. The van der Waals surface area contributed by atoms with E-state index in [2.05, 4.69) is 4.98 Å². The third kappa shape index (κ3) is 2.07. The number of pyridine rings is 1. The van der Waals surface area contributed by atoms with Gasteiger partial charge in [-0.15, -0.1) is 0 Å². The van der Waals surface area contributed by atoms with Gasteiger partial charge in [0.25, 0.3) is 0 Å². The predicted octanol–water partition coefficient (Wildman–Crippen LogP) is 2.04. The number of carbonyl (C=O) groups is 1. The van der Waals surface area contributed by atoms with E-state index in [1.165, 1.54) is 12.3 Å². The van der Waals surface area contributed by atoms with Crippen molar-refractivity contribution in [3.8, 4) is 0 Å². The number of carboxylic acids is 1. The summed E-state index contributed by atoms with van der Waals surface area (Å²) in [5.41, 5.74) is 0.197. The summed E-state index contributed by atoms with van der Waals surface area (Å²) in [6.07, 6.45) is 2.43. The van der Waals surface area contributed by atoms with Crippen LogP contribution in [0.5, 0.6) is 0 Å². The normalized spacial score (nSPS) is 12.9. The first kappa shape index (κ1) is 10.6. The lowest BCUT2D eigenvalue weighted by Crippen LogP contribution is -2.18. The van der Waals surface area contributed by atoms with Crippen LogP contribution < -0.4 is 0 Å². The van der Waals surface area contributed by atoms with Crippen molar-refractivity contribution >= 4 is 5.97 Å². The molecule has 76 valence electrons. The Kier molecular flexibility index (Phi) is 3.17. The number of rotatable bonds is 3. The number of halogens is 1. The Bertz CT molecular complexity index is 339. The molecular weight excluding hydrogens is 185 g/mol. The number of aliphatic carboxylic acids is 1. The summed E-state index contributed by atoms with van der Waals surface area (Å²) in [4.78, 5) is 14.5. The Balaban J connectivity index is 3.12. The van der Waals surface area contributed by atoms with E-state index in [0.717, 1.165) is 6.20 Å². The van der Waals surface area contributed by atoms with Crippen molar-refractivity contribution in [1.29, 1.82) is 0 Å². The van der Waals surface area contributed by atoms with E-state index in [9.17, 15) is 9.18 Å². The molecular formula is C10H12FNO2. The Morgan fingerprint density at radius 3 is 2.64 bits per heavy atom. The Morgan fingerprint density at radius 1 is 1.57 bits per heavy atom. The van der Waals surface area contributed by atoms with Crippen LogP contribution in [0.4, 0.5) is 4.39 Å². The highest BCUT2D eigenvalue weighted by atomic mass is 19.1. The molecule has 0 radical (unpaired) electrons. The van der Waals surface area contributed by atoms with E-state index < -0.39 is 17.7 Å². The second-order valence-electron chi connectivity index (χ2n) is 3.46. The lowest BCUT2D eigenvalue weighted by atomic mass is 9.89. The zero-order valence-electron chi connectivity index (χ0n) is 8.07. The first-order chi connectivity index (χ1) is 6.54. The molecule has 0 saturated heterocycles. The molecule has 1 heterocycles. The molecule has 1 rings (SSSR count). The third-order valence-electron chi connectivity index (χ3n) is 2.07. The molecule has 4 heteroatoms. The molecule has 14 heavy (non-hydrogen) atoms. The number of carboxylic acid groups (broad SMARTS) is 1. The largest absolute Gasteiger partial charge is 0.481 e. The number of nitrogens with zero attached hydrogens (tertiary/aromatic N) is 1. The lowest BCUT2D eigenvalue weighted by molar-refractivity contribution is -0.139. The van der Waals surface area contributed by atoms with Crippen LogP contribution in [0, 0.1) is 11.7 Å². The fourth-order valence-electron chi connectivity index (χ4n) is 1.42.